The molecule has 0 saturated heterocycles. The maximum atomic E-state index is 11.1. The molecular formula is C17H22N4O2S. The summed E-state index contributed by atoms with van der Waals surface area (Å²) < 4.78 is 7.41. The van der Waals surface area contributed by atoms with Crippen molar-refractivity contribution in [1.82, 2.24) is 14.8 Å². The molecule has 0 bridgehead atoms. The van der Waals surface area contributed by atoms with E-state index in [2.05, 4.69) is 14.8 Å². The number of carbonyl (C=O) groups is 1. The van der Waals surface area contributed by atoms with Gasteiger partial charge in [0.05, 0.1) is 12.9 Å². The van der Waals surface area contributed by atoms with E-state index in [0.29, 0.717) is 6.04 Å². The fourth-order valence-electron chi connectivity index (χ4n) is 3.12. The highest BCUT2D eigenvalue weighted by atomic mass is 32.2. The molecule has 1 saturated carbocycles. The maximum absolute atomic E-state index is 11.1. The maximum Gasteiger partial charge on any atom is 0.227 e. The molecule has 2 aromatic rings. The van der Waals surface area contributed by atoms with Crippen LogP contribution in [0, 0.1) is 0 Å². The van der Waals surface area contributed by atoms with Gasteiger partial charge >= 0.3 is 0 Å². The van der Waals surface area contributed by atoms with Crippen molar-refractivity contribution < 1.29 is 9.53 Å². The largest absolute Gasteiger partial charge is 0.497 e. The van der Waals surface area contributed by atoms with E-state index < -0.39 is 0 Å². The molecule has 1 amide bonds. The number of hydrogen-bond donors (Lipinski definition) is 1. The summed E-state index contributed by atoms with van der Waals surface area (Å²) in [6, 6.07) is 8.20. The quantitative estimate of drug-likeness (QED) is 0.813. The molecule has 1 heterocycles. The Balaban J connectivity index is 1.95. The standard InChI is InChI=1S/C17H22N4O2S/c1-23-14-9-7-12(8-10-14)16-19-20-17(24-11-15(18)22)21(16)13-5-3-2-4-6-13/h7-10,13H,2-6,11H2,1H3,(H2,18,22). The zero-order chi connectivity index (χ0) is 16.9. The van der Waals surface area contributed by atoms with Crippen LogP contribution in [-0.2, 0) is 4.79 Å². The van der Waals surface area contributed by atoms with Crippen LogP contribution in [0.25, 0.3) is 11.4 Å². The number of benzene rings is 1. The Kier molecular flexibility index (Phi) is 5.40. The topological polar surface area (TPSA) is 83.0 Å². The van der Waals surface area contributed by atoms with Gasteiger partial charge in [-0.05, 0) is 37.1 Å². The molecule has 0 unspecified atom stereocenters. The van der Waals surface area contributed by atoms with Crippen molar-refractivity contribution in [3.05, 3.63) is 24.3 Å². The van der Waals surface area contributed by atoms with Crippen LogP contribution in [0.5, 0.6) is 5.75 Å². The lowest BCUT2D eigenvalue weighted by Gasteiger charge is -2.25. The smallest absolute Gasteiger partial charge is 0.227 e. The summed E-state index contributed by atoms with van der Waals surface area (Å²) in [6.45, 7) is 0. The Morgan fingerprint density at radius 3 is 2.58 bits per heavy atom. The fraction of sp³-hybridized carbons (Fsp3) is 0.471. The summed E-state index contributed by atoms with van der Waals surface area (Å²) in [7, 11) is 1.65. The number of ether oxygens (including phenoxy) is 1. The van der Waals surface area contributed by atoms with Crippen molar-refractivity contribution >= 4 is 17.7 Å². The van der Waals surface area contributed by atoms with Gasteiger partial charge in [-0.2, -0.15) is 0 Å². The van der Waals surface area contributed by atoms with Crippen molar-refractivity contribution in [3.63, 3.8) is 0 Å². The van der Waals surface area contributed by atoms with Gasteiger partial charge in [0.15, 0.2) is 11.0 Å². The van der Waals surface area contributed by atoms with Crippen LogP contribution in [0.2, 0.25) is 0 Å². The molecule has 2 N–H and O–H groups in total. The number of primary amides is 1. The van der Waals surface area contributed by atoms with Gasteiger partial charge in [-0.15, -0.1) is 10.2 Å². The third-order valence-electron chi connectivity index (χ3n) is 4.30. The van der Waals surface area contributed by atoms with Crippen LogP contribution in [0.4, 0.5) is 0 Å². The van der Waals surface area contributed by atoms with Gasteiger partial charge in [-0.25, -0.2) is 0 Å². The molecule has 1 aliphatic carbocycles. The van der Waals surface area contributed by atoms with Gasteiger partial charge in [0.25, 0.3) is 0 Å². The first kappa shape index (κ1) is 16.8. The minimum absolute atomic E-state index is 0.216. The van der Waals surface area contributed by atoms with Crippen LogP contribution in [0.15, 0.2) is 29.4 Å². The number of hydrogen-bond acceptors (Lipinski definition) is 5. The Hall–Kier alpha value is -2.02. The molecule has 1 aromatic heterocycles. The Morgan fingerprint density at radius 1 is 1.25 bits per heavy atom. The minimum Gasteiger partial charge on any atom is -0.497 e. The summed E-state index contributed by atoms with van der Waals surface area (Å²) in [6.07, 6.45) is 5.94. The van der Waals surface area contributed by atoms with Crippen molar-refractivity contribution in [2.45, 2.75) is 43.3 Å². The number of nitrogens with two attached hydrogens (primary N) is 1. The van der Waals surface area contributed by atoms with Gasteiger partial charge < -0.3 is 10.5 Å². The minimum atomic E-state index is -0.343. The van der Waals surface area contributed by atoms with E-state index in [1.165, 1.54) is 31.0 Å². The highest BCUT2D eigenvalue weighted by Crippen LogP contribution is 2.35. The molecule has 128 valence electrons. The lowest BCUT2D eigenvalue weighted by atomic mass is 9.95. The highest BCUT2D eigenvalue weighted by Gasteiger charge is 2.24. The van der Waals surface area contributed by atoms with Gasteiger partial charge in [-0.3, -0.25) is 9.36 Å². The second-order valence-electron chi connectivity index (χ2n) is 5.95. The summed E-state index contributed by atoms with van der Waals surface area (Å²) >= 11 is 1.36. The van der Waals surface area contributed by atoms with E-state index in [1.807, 2.05) is 24.3 Å². The molecular weight excluding hydrogens is 324 g/mol. The normalized spacial score (nSPS) is 15.4. The van der Waals surface area contributed by atoms with E-state index >= 15 is 0 Å². The molecule has 1 aromatic carbocycles. The average Bonchev–Trinajstić information content (AvgIpc) is 3.04. The summed E-state index contributed by atoms with van der Waals surface area (Å²) in [5, 5.41) is 9.48. The van der Waals surface area contributed by atoms with Crippen molar-refractivity contribution in [2.24, 2.45) is 5.73 Å². The molecule has 0 radical (unpaired) electrons. The molecule has 24 heavy (non-hydrogen) atoms. The molecule has 6 nitrogen and oxygen atoms in total. The second-order valence-corrected chi connectivity index (χ2v) is 6.89. The van der Waals surface area contributed by atoms with Crippen molar-refractivity contribution in [3.8, 4) is 17.1 Å². The second kappa shape index (κ2) is 7.70. The average molecular weight is 346 g/mol. The first-order chi connectivity index (χ1) is 11.7. The molecule has 0 aliphatic heterocycles. The van der Waals surface area contributed by atoms with Crippen LogP contribution in [0.3, 0.4) is 0 Å². The third kappa shape index (κ3) is 3.72. The number of nitrogens with zero attached hydrogens (tertiary/aromatic N) is 3. The number of amides is 1. The number of methoxy groups -OCH3 is 1. The predicted molar refractivity (Wildman–Crippen MR) is 94.1 cm³/mol. The van der Waals surface area contributed by atoms with E-state index in [1.54, 1.807) is 7.11 Å². The highest BCUT2D eigenvalue weighted by molar-refractivity contribution is 7.99. The molecule has 1 aliphatic rings. The predicted octanol–water partition coefficient (Wildman–Crippen LogP) is 3.04. The number of carbonyl (C=O) groups excluding carboxylic acids is 1. The summed E-state index contributed by atoms with van der Waals surface area (Å²) in [4.78, 5) is 11.1. The van der Waals surface area contributed by atoms with Crippen LogP contribution in [-0.4, -0.2) is 33.5 Å². The SMILES string of the molecule is COc1ccc(-c2nnc(SCC(N)=O)n2C2CCCCC2)cc1. The van der Waals surface area contributed by atoms with E-state index in [9.17, 15) is 4.79 Å². The van der Waals surface area contributed by atoms with Gasteiger partial charge in [0.2, 0.25) is 5.91 Å². The lowest BCUT2D eigenvalue weighted by molar-refractivity contribution is -0.115. The molecule has 1 fully saturated rings. The van der Waals surface area contributed by atoms with Crippen LogP contribution < -0.4 is 10.5 Å². The summed E-state index contributed by atoms with van der Waals surface area (Å²) in [5.74, 6) is 1.53. The monoisotopic (exact) mass is 346 g/mol. The van der Waals surface area contributed by atoms with Gasteiger partial charge in [0.1, 0.15) is 5.75 Å². The molecule has 3 rings (SSSR count). The number of rotatable bonds is 6. The molecule has 7 heteroatoms. The first-order valence-electron chi connectivity index (χ1n) is 8.19. The van der Waals surface area contributed by atoms with E-state index in [-0.39, 0.29) is 11.7 Å². The van der Waals surface area contributed by atoms with Crippen molar-refractivity contribution in [1.29, 1.82) is 0 Å². The van der Waals surface area contributed by atoms with Crippen LogP contribution >= 0.6 is 11.8 Å². The third-order valence-corrected chi connectivity index (χ3v) is 5.26. The zero-order valence-electron chi connectivity index (χ0n) is 13.8. The lowest BCUT2D eigenvalue weighted by Crippen LogP contribution is -2.17. The molecule has 0 atom stereocenters. The fourth-order valence-corrected chi connectivity index (χ4v) is 3.86. The number of thioether (sulfide) groups is 1. The Labute approximate surface area is 145 Å². The Bertz CT molecular complexity index is 693. The van der Waals surface area contributed by atoms with Crippen LogP contribution in [0.1, 0.15) is 38.1 Å². The van der Waals surface area contributed by atoms with Crippen molar-refractivity contribution in [2.75, 3.05) is 12.9 Å². The van der Waals surface area contributed by atoms with E-state index in [4.69, 9.17) is 10.5 Å². The van der Waals surface area contributed by atoms with E-state index in [0.717, 1.165) is 35.1 Å². The van der Waals surface area contributed by atoms with Gasteiger partial charge in [0, 0.05) is 11.6 Å². The number of aromatic nitrogens is 3. The summed E-state index contributed by atoms with van der Waals surface area (Å²) in [5.41, 5.74) is 6.29. The first-order valence-corrected chi connectivity index (χ1v) is 9.18. The zero-order valence-corrected chi connectivity index (χ0v) is 14.6. The Morgan fingerprint density at radius 2 is 1.96 bits per heavy atom. The molecule has 0 spiro atoms. The van der Waals surface area contributed by atoms with Gasteiger partial charge in [-0.1, -0.05) is 31.0 Å².